The normalized spacial score (nSPS) is 10.4. The first kappa shape index (κ1) is 18.2. The number of halogens is 2. The number of rotatable bonds is 5. The van der Waals surface area contributed by atoms with Crippen LogP contribution in [-0.2, 0) is 11.2 Å². The van der Waals surface area contributed by atoms with Gasteiger partial charge in [-0.2, -0.15) is 0 Å². The summed E-state index contributed by atoms with van der Waals surface area (Å²) in [5.74, 6) is 0.490. The van der Waals surface area contributed by atoms with E-state index in [4.69, 9.17) is 23.2 Å². The van der Waals surface area contributed by atoms with Crippen molar-refractivity contribution in [2.24, 2.45) is 0 Å². The van der Waals surface area contributed by atoms with Gasteiger partial charge in [0.2, 0.25) is 5.91 Å². The zero-order chi connectivity index (χ0) is 18.5. The lowest BCUT2D eigenvalue weighted by Crippen LogP contribution is -2.14. The average Bonchev–Trinajstić information content (AvgIpc) is 2.60. The Kier molecular flexibility index (Phi) is 5.76. The third-order valence-electron chi connectivity index (χ3n) is 3.71. The van der Waals surface area contributed by atoms with Crippen LogP contribution in [0, 0.1) is 6.92 Å². The van der Waals surface area contributed by atoms with Crippen molar-refractivity contribution in [3.05, 3.63) is 82.0 Å². The summed E-state index contributed by atoms with van der Waals surface area (Å²) in [6.45, 7) is 2.00. The first-order chi connectivity index (χ1) is 12.5. The molecule has 0 atom stereocenters. The molecule has 2 aromatic carbocycles. The molecule has 132 valence electrons. The van der Waals surface area contributed by atoms with Crippen LogP contribution in [0.3, 0.4) is 0 Å². The molecule has 0 radical (unpaired) electrons. The van der Waals surface area contributed by atoms with E-state index in [2.05, 4.69) is 15.6 Å². The van der Waals surface area contributed by atoms with Crippen LogP contribution in [0.1, 0.15) is 11.1 Å². The van der Waals surface area contributed by atoms with Gasteiger partial charge in [-0.15, -0.1) is 0 Å². The number of hydrogen-bond donors (Lipinski definition) is 2. The van der Waals surface area contributed by atoms with Gasteiger partial charge in [0, 0.05) is 0 Å². The van der Waals surface area contributed by atoms with Crippen molar-refractivity contribution in [3.8, 4) is 0 Å². The van der Waals surface area contributed by atoms with E-state index in [1.807, 2.05) is 31.2 Å². The first-order valence-corrected chi connectivity index (χ1v) is 8.79. The predicted octanol–water partition coefficient (Wildman–Crippen LogP) is 5.62. The Bertz CT molecular complexity index is 906. The third kappa shape index (κ3) is 4.75. The van der Waals surface area contributed by atoms with Gasteiger partial charge in [0.15, 0.2) is 0 Å². The van der Waals surface area contributed by atoms with Crippen LogP contribution in [0.15, 0.2) is 60.8 Å². The second kappa shape index (κ2) is 8.21. The number of carbonyl (C=O) groups excluding carboxylic acids is 1. The summed E-state index contributed by atoms with van der Waals surface area (Å²) < 4.78 is 0. The summed E-state index contributed by atoms with van der Waals surface area (Å²) in [6.07, 6.45) is 1.90. The van der Waals surface area contributed by atoms with E-state index in [-0.39, 0.29) is 5.91 Å². The van der Waals surface area contributed by atoms with Gasteiger partial charge in [0.1, 0.15) is 5.82 Å². The van der Waals surface area contributed by atoms with Gasteiger partial charge < -0.3 is 10.6 Å². The number of benzene rings is 2. The van der Waals surface area contributed by atoms with Crippen LogP contribution >= 0.6 is 23.2 Å². The molecule has 0 fully saturated rings. The largest absolute Gasteiger partial charge is 0.338 e. The van der Waals surface area contributed by atoms with Gasteiger partial charge in [0.05, 0.1) is 34.0 Å². The highest BCUT2D eigenvalue weighted by Gasteiger charge is 2.08. The van der Waals surface area contributed by atoms with Crippen LogP contribution < -0.4 is 10.6 Å². The Balaban J connectivity index is 1.63. The Morgan fingerprint density at radius 3 is 2.42 bits per heavy atom. The van der Waals surface area contributed by atoms with Crippen molar-refractivity contribution in [2.45, 2.75) is 13.3 Å². The third-order valence-corrected chi connectivity index (χ3v) is 4.34. The Morgan fingerprint density at radius 2 is 1.77 bits per heavy atom. The number of anilines is 3. The number of amides is 1. The summed E-state index contributed by atoms with van der Waals surface area (Å²) in [7, 11) is 0. The van der Waals surface area contributed by atoms with Gasteiger partial charge >= 0.3 is 0 Å². The van der Waals surface area contributed by atoms with Gasteiger partial charge in [-0.3, -0.25) is 4.79 Å². The van der Waals surface area contributed by atoms with E-state index in [9.17, 15) is 4.79 Å². The van der Waals surface area contributed by atoms with E-state index in [0.29, 0.717) is 33.7 Å². The molecule has 0 saturated heterocycles. The number of para-hydroxylation sites is 1. The molecule has 3 rings (SSSR count). The molecule has 0 aliphatic heterocycles. The molecular formula is C20H17Cl2N3O. The SMILES string of the molecule is Cc1cccc(CC(=O)Nc2ccc(Nc3c(Cl)cccc3Cl)nc2)c1. The molecule has 0 aliphatic rings. The fraction of sp³-hybridized carbons (Fsp3) is 0.100. The van der Waals surface area contributed by atoms with Gasteiger partial charge in [0.25, 0.3) is 0 Å². The number of carbonyl (C=O) groups is 1. The van der Waals surface area contributed by atoms with Gasteiger partial charge in [-0.1, -0.05) is 59.1 Å². The number of nitrogens with zero attached hydrogens (tertiary/aromatic N) is 1. The molecular weight excluding hydrogens is 369 g/mol. The Hall–Kier alpha value is -2.56. The minimum Gasteiger partial charge on any atom is -0.338 e. The maximum Gasteiger partial charge on any atom is 0.228 e. The highest BCUT2D eigenvalue weighted by molar-refractivity contribution is 6.39. The Morgan fingerprint density at radius 1 is 1.04 bits per heavy atom. The molecule has 1 aromatic heterocycles. The second-order valence-electron chi connectivity index (χ2n) is 5.87. The van der Waals surface area contributed by atoms with E-state index in [1.54, 1.807) is 36.5 Å². The van der Waals surface area contributed by atoms with E-state index >= 15 is 0 Å². The quantitative estimate of drug-likeness (QED) is 0.598. The number of pyridine rings is 1. The van der Waals surface area contributed by atoms with E-state index in [0.717, 1.165) is 11.1 Å². The second-order valence-corrected chi connectivity index (χ2v) is 6.68. The topological polar surface area (TPSA) is 54.0 Å². The zero-order valence-electron chi connectivity index (χ0n) is 14.1. The van der Waals surface area contributed by atoms with Gasteiger partial charge in [-0.25, -0.2) is 4.98 Å². The molecule has 0 spiro atoms. The molecule has 26 heavy (non-hydrogen) atoms. The fourth-order valence-corrected chi connectivity index (χ4v) is 2.99. The van der Waals surface area contributed by atoms with Crippen LogP contribution in [0.25, 0.3) is 0 Å². The number of hydrogen-bond acceptors (Lipinski definition) is 3. The van der Waals surface area contributed by atoms with Crippen LogP contribution in [-0.4, -0.2) is 10.9 Å². The standard InChI is InChI=1S/C20H17Cl2N3O/c1-13-4-2-5-14(10-13)11-19(26)24-15-8-9-18(23-12-15)25-20-16(21)6-3-7-17(20)22/h2-10,12H,11H2,1H3,(H,23,25)(H,24,26). The Labute approximate surface area is 162 Å². The van der Waals surface area contributed by atoms with Crippen molar-refractivity contribution >= 4 is 46.3 Å². The lowest BCUT2D eigenvalue weighted by Gasteiger charge is -2.10. The summed E-state index contributed by atoms with van der Waals surface area (Å²) in [4.78, 5) is 16.5. The molecule has 1 amide bonds. The van der Waals surface area contributed by atoms with E-state index < -0.39 is 0 Å². The molecule has 0 saturated carbocycles. The fourth-order valence-electron chi connectivity index (χ4n) is 2.50. The molecule has 4 nitrogen and oxygen atoms in total. The molecule has 3 aromatic rings. The van der Waals surface area contributed by atoms with Crippen LogP contribution in [0.4, 0.5) is 17.2 Å². The van der Waals surface area contributed by atoms with Crippen molar-refractivity contribution < 1.29 is 4.79 Å². The van der Waals surface area contributed by atoms with Crippen molar-refractivity contribution in [1.29, 1.82) is 0 Å². The minimum atomic E-state index is -0.0905. The predicted molar refractivity (Wildman–Crippen MR) is 107 cm³/mol. The summed E-state index contributed by atoms with van der Waals surface area (Å²) in [5.41, 5.74) is 3.32. The average molecular weight is 386 g/mol. The van der Waals surface area contributed by atoms with Crippen LogP contribution in [0.2, 0.25) is 10.0 Å². The zero-order valence-corrected chi connectivity index (χ0v) is 15.6. The molecule has 0 bridgehead atoms. The minimum absolute atomic E-state index is 0.0905. The molecule has 2 N–H and O–H groups in total. The summed E-state index contributed by atoms with van der Waals surface area (Å²) >= 11 is 12.3. The lowest BCUT2D eigenvalue weighted by molar-refractivity contribution is -0.115. The van der Waals surface area contributed by atoms with E-state index in [1.165, 1.54) is 0 Å². The lowest BCUT2D eigenvalue weighted by atomic mass is 10.1. The summed E-state index contributed by atoms with van der Waals surface area (Å²) in [6, 6.07) is 16.7. The van der Waals surface area contributed by atoms with Gasteiger partial charge in [-0.05, 0) is 36.8 Å². The summed E-state index contributed by atoms with van der Waals surface area (Å²) in [5, 5.41) is 6.94. The number of aromatic nitrogens is 1. The molecule has 0 unspecified atom stereocenters. The van der Waals surface area contributed by atoms with Crippen molar-refractivity contribution in [2.75, 3.05) is 10.6 Å². The van der Waals surface area contributed by atoms with Crippen molar-refractivity contribution in [1.82, 2.24) is 4.98 Å². The maximum atomic E-state index is 12.2. The maximum absolute atomic E-state index is 12.2. The highest BCUT2D eigenvalue weighted by atomic mass is 35.5. The molecule has 0 aliphatic carbocycles. The first-order valence-electron chi connectivity index (χ1n) is 8.04. The molecule has 1 heterocycles. The highest BCUT2D eigenvalue weighted by Crippen LogP contribution is 2.32. The smallest absolute Gasteiger partial charge is 0.228 e. The van der Waals surface area contributed by atoms with Crippen molar-refractivity contribution in [3.63, 3.8) is 0 Å². The molecule has 6 heteroatoms. The number of aryl methyl sites for hydroxylation is 1. The monoisotopic (exact) mass is 385 g/mol. The number of nitrogens with one attached hydrogen (secondary N) is 2. The van der Waals surface area contributed by atoms with Crippen LogP contribution in [0.5, 0.6) is 0 Å².